The van der Waals surface area contributed by atoms with Crippen LogP contribution in [0.15, 0.2) is 24.3 Å². The van der Waals surface area contributed by atoms with Crippen molar-refractivity contribution < 1.29 is 19.6 Å². The van der Waals surface area contributed by atoms with Gasteiger partial charge in [-0.2, -0.15) is 0 Å². The maximum absolute atomic E-state index is 9.28. The Hall–Kier alpha value is -1.10. The first-order valence-electron chi connectivity index (χ1n) is 7.80. The summed E-state index contributed by atoms with van der Waals surface area (Å²) >= 11 is 0. The average molecular weight is 296 g/mol. The Bertz CT molecular complexity index is 394. The molecule has 4 nitrogen and oxygen atoms in total. The van der Waals surface area contributed by atoms with E-state index >= 15 is 0 Å². The fraction of sp³-hybridized carbons (Fsp3) is 0.647. The second-order valence-electron chi connectivity index (χ2n) is 5.46. The van der Waals surface area contributed by atoms with Crippen LogP contribution in [0.5, 0.6) is 5.75 Å². The third kappa shape index (κ3) is 6.04. The highest BCUT2D eigenvalue weighted by Crippen LogP contribution is 2.28. The van der Waals surface area contributed by atoms with Crippen LogP contribution in [0.3, 0.4) is 0 Å². The number of hydrogen-bond donors (Lipinski definition) is 1. The molecule has 0 fully saturated rings. The highest BCUT2D eigenvalue weighted by atomic mass is 17.1. The standard InChI is InChI=1S/C17H28O4/c1-4-6-11-19-14-17(3,21-18)15-9-8-10-16(13-15)20-12-7-5-2/h8-10,13,18H,4-7,11-12,14H2,1-3H3. The van der Waals surface area contributed by atoms with E-state index < -0.39 is 5.60 Å². The van der Waals surface area contributed by atoms with Crippen molar-refractivity contribution >= 4 is 0 Å². The van der Waals surface area contributed by atoms with Gasteiger partial charge in [0.25, 0.3) is 0 Å². The number of unbranched alkanes of at least 4 members (excludes halogenated alkanes) is 2. The average Bonchev–Trinajstić information content (AvgIpc) is 2.52. The molecule has 1 N–H and O–H groups in total. The molecule has 1 unspecified atom stereocenters. The van der Waals surface area contributed by atoms with E-state index in [0.717, 1.165) is 37.0 Å². The Morgan fingerprint density at radius 1 is 1.10 bits per heavy atom. The Labute approximate surface area is 128 Å². The summed E-state index contributed by atoms with van der Waals surface area (Å²) < 4.78 is 11.3. The van der Waals surface area contributed by atoms with E-state index in [1.165, 1.54) is 0 Å². The van der Waals surface area contributed by atoms with Gasteiger partial charge in [-0.25, -0.2) is 4.89 Å². The van der Waals surface area contributed by atoms with E-state index in [1.807, 2.05) is 31.2 Å². The van der Waals surface area contributed by atoms with Crippen molar-refractivity contribution in [2.75, 3.05) is 19.8 Å². The van der Waals surface area contributed by atoms with Crippen molar-refractivity contribution in [3.8, 4) is 5.75 Å². The van der Waals surface area contributed by atoms with Crippen molar-refractivity contribution in [3.63, 3.8) is 0 Å². The molecule has 0 aliphatic heterocycles. The molecular weight excluding hydrogens is 268 g/mol. The molecule has 0 heterocycles. The van der Waals surface area contributed by atoms with Crippen LogP contribution >= 0.6 is 0 Å². The number of rotatable bonds is 11. The molecule has 1 atom stereocenters. The first kappa shape index (κ1) is 18.0. The summed E-state index contributed by atoms with van der Waals surface area (Å²) in [5.74, 6) is 0.790. The minimum Gasteiger partial charge on any atom is -0.494 e. The summed E-state index contributed by atoms with van der Waals surface area (Å²) in [6, 6.07) is 7.62. The molecule has 0 amide bonds. The molecular formula is C17H28O4. The van der Waals surface area contributed by atoms with E-state index in [2.05, 4.69) is 13.8 Å². The van der Waals surface area contributed by atoms with Gasteiger partial charge in [-0.3, -0.25) is 5.26 Å². The largest absolute Gasteiger partial charge is 0.494 e. The zero-order valence-corrected chi connectivity index (χ0v) is 13.4. The first-order chi connectivity index (χ1) is 10.2. The lowest BCUT2D eigenvalue weighted by Gasteiger charge is -2.26. The molecule has 0 saturated carbocycles. The van der Waals surface area contributed by atoms with Crippen molar-refractivity contribution in [1.29, 1.82) is 0 Å². The van der Waals surface area contributed by atoms with Crippen LogP contribution in [0, 0.1) is 0 Å². The maximum atomic E-state index is 9.28. The molecule has 1 aromatic carbocycles. The second-order valence-corrected chi connectivity index (χ2v) is 5.46. The minimum atomic E-state index is -0.877. The van der Waals surface area contributed by atoms with Crippen LogP contribution in [-0.2, 0) is 15.2 Å². The summed E-state index contributed by atoms with van der Waals surface area (Å²) in [6.07, 6.45) is 4.21. The molecule has 1 aromatic rings. The normalized spacial score (nSPS) is 13.9. The van der Waals surface area contributed by atoms with Gasteiger partial charge in [0, 0.05) is 6.61 Å². The fourth-order valence-electron chi connectivity index (χ4n) is 1.92. The van der Waals surface area contributed by atoms with Gasteiger partial charge in [0.05, 0.1) is 13.2 Å². The molecule has 0 aromatic heterocycles. The zero-order valence-electron chi connectivity index (χ0n) is 13.4. The molecule has 0 bridgehead atoms. The van der Waals surface area contributed by atoms with Gasteiger partial charge >= 0.3 is 0 Å². The SMILES string of the molecule is CCCCOCC(C)(OO)c1cccc(OCCCC)c1. The van der Waals surface area contributed by atoms with Crippen LogP contribution in [0.4, 0.5) is 0 Å². The predicted molar refractivity (Wildman–Crippen MR) is 83.6 cm³/mol. The highest BCUT2D eigenvalue weighted by molar-refractivity contribution is 5.32. The summed E-state index contributed by atoms with van der Waals surface area (Å²) in [6.45, 7) is 7.73. The van der Waals surface area contributed by atoms with Crippen molar-refractivity contribution in [2.24, 2.45) is 0 Å². The molecule has 1 rings (SSSR count). The Morgan fingerprint density at radius 2 is 1.81 bits per heavy atom. The van der Waals surface area contributed by atoms with Crippen molar-refractivity contribution in [3.05, 3.63) is 29.8 Å². The number of hydrogen-bond acceptors (Lipinski definition) is 4. The molecule has 0 spiro atoms. The summed E-state index contributed by atoms with van der Waals surface area (Å²) in [4.78, 5) is 4.70. The molecule has 0 aliphatic carbocycles. The van der Waals surface area contributed by atoms with Crippen molar-refractivity contribution in [1.82, 2.24) is 0 Å². The molecule has 0 radical (unpaired) electrons. The lowest BCUT2D eigenvalue weighted by molar-refractivity contribution is -0.334. The molecule has 0 aliphatic rings. The summed E-state index contributed by atoms with van der Waals surface area (Å²) in [5.41, 5.74) is -0.0341. The van der Waals surface area contributed by atoms with E-state index in [0.29, 0.717) is 19.8 Å². The Morgan fingerprint density at radius 3 is 2.48 bits per heavy atom. The van der Waals surface area contributed by atoms with Crippen molar-refractivity contribution in [2.45, 2.75) is 52.1 Å². The van der Waals surface area contributed by atoms with Crippen LogP contribution in [0.1, 0.15) is 52.0 Å². The summed E-state index contributed by atoms with van der Waals surface area (Å²) in [5, 5.41) is 9.28. The first-order valence-corrected chi connectivity index (χ1v) is 7.80. The lowest BCUT2D eigenvalue weighted by Crippen LogP contribution is -2.31. The smallest absolute Gasteiger partial charge is 0.149 e. The highest BCUT2D eigenvalue weighted by Gasteiger charge is 2.29. The van der Waals surface area contributed by atoms with Gasteiger partial charge in [0.2, 0.25) is 0 Å². The summed E-state index contributed by atoms with van der Waals surface area (Å²) in [7, 11) is 0. The van der Waals surface area contributed by atoms with E-state index in [9.17, 15) is 5.26 Å². The Balaban J connectivity index is 2.67. The third-order valence-corrected chi connectivity index (χ3v) is 3.43. The van der Waals surface area contributed by atoms with Gasteiger partial charge in [-0.15, -0.1) is 0 Å². The quantitative estimate of drug-likeness (QED) is 0.374. The van der Waals surface area contributed by atoms with E-state index in [1.54, 1.807) is 0 Å². The molecule has 0 saturated heterocycles. The molecule has 4 heteroatoms. The van der Waals surface area contributed by atoms with Gasteiger partial charge in [0.1, 0.15) is 11.4 Å². The fourth-order valence-corrected chi connectivity index (χ4v) is 1.92. The Kier molecular flexibility index (Phi) is 8.35. The second kappa shape index (κ2) is 9.77. The van der Waals surface area contributed by atoms with Crippen LogP contribution in [0.2, 0.25) is 0 Å². The lowest BCUT2D eigenvalue weighted by atomic mass is 9.97. The predicted octanol–water partition coefficient (Wildman–Crippen LogP) is 4.39. The minimum absolute atomic E-state index is 0.307. The molecule has 21 heavy (non-hydrogen) atoms. The molecule has 120 valence electrons. The number of benzene rings is 1. The zero-order chi connectivity index (χ0) is 15.6. The van der Waals surface area contributed by atoms with E-state index in [4.69, 9.17) is 14.4 Å². The van der Waals surface area contributed by atoms with E-state index in [-0.39, 0.29) is 0 Å². The van der Waals surface area contributed by atoms with Crippen LogP contribution in [-0.4, -0.2) is 25.1 Å². The monoisotopic (exact) mass is 296 g/mol. The maximum Gasteiger partial charge on any atom is 0.149 e. The third-order valence-electron chi connectivity index (χ3n) is 3.43. The number of ether oxygens (including phenoxy) is 2. The van der Waals surface area contributed by atoms with Crippen LogP contribution < -0.4 is 4.74 Å². The van der Waals surface area contributed by atoms with Gasteiger partial charge in [-0.1, -0.05) is 38.8 Å². The van der Waals surface area contributed by atoms with Gasteiger partial charge < -0.3 is 9.47 Å². The van der Waals surface area contributed by atoms with Gasteiger partial charge in [0.15, 0.2) is 0 Å². The van der Waals surface area contributed by atoms with Crippen LogP contribution in [0.25, 0.3) is 0 Å². The topological polar surface area (TPSA) is 47.9 Å². The van der Waals surface area contributed by atoms with Gasteiger partial charge in [-0.05, 0) is 37.5 Å².